The Labute approximate surface area is 115 Å². The van der Waals surface area contributed by atoms with E-state index in [-0.39, 0.29) is 5.75 Å². The summed E-state index contributed by atoms with van der Waals surface area (Å²) in [5.74, 6) is 0.280. The Morgan fingerprint density at radius 1 is 1.11 bits per heavy atom. The van der Waals surface area contributed by atoms with E-state index in [1.54, 1.807) is 35.6 Å². The lowest BCUT2D eigenvalue weighted by atomic mass is 10.2. The molecule has 0 unspecified atom stereocenters. The van der Waals surface area contributed by atoms with Crippen LogP contribution >= 0.6 is 24.0 Å². The molecule has 0 aliphatic rings. The summed E-state index contributed by atoms with van der Waals surface area (Å²) in [6.45, 7) is 2.10. The number of hydrogen-bond acceptors (Lipinski definition) is 4. The monoisotopic (exact) mass is 275 g/mol. The molecule has 2 nitrogen and oxygen atoms in total. The molecule has 1 aromatic heterocycles. The predicted octanol–water partition coefficient (Wildman–Crippen LogP) is 4.29. The van der Waals surface area contributed by atoms with Gasteiger partial charge in [-0.05, 0) is 48.9 Å². The zero-order valence-corrected chi connectivity index (χ0v) is 11.6. The number of aromatic nitrogens is 1. The summed E-state index contributed by atoms with van der Waals surface area (Å²) in [5.41, 5.74) is 4.29. The molecule has 0 saturated carbocycles. The molecule has 0 aliphatic heterocycles. The number of aromatic hydroxyl groups is 1. The average Bonchev–Trinajstić information content (AvgIpc) is 2.81. The number of rotatable bonds is 0. The van der Waals surface area contributed by atoms with Crippen LogP contribution in [0.2, 0.25) is 0 Å². The van der Waals surface area contributed by atoms with Crippen molar-refractivity contribution < 1.29 is 5.11 Å². The van der Waals surface area contributed by atoms with Crippen molar-refractivity contribution in [1.82, 2.24) is 4.98 Å². The van der Waals surface area contributed by atoms with Crippen LogP contribution in [-0.4, -0.2) is 10.1 Å². The van der Waals surface area contributed by atoms with Crippen molar-refractivity contribution in [2.75, 3.05) is 0 Å². The zero-order chi connectivity index (χ0) is 13.0. The Balaban J connectivity index is 0.000000138. The summed E-state index contributed by atoms with van der Waals surface area (Å²) in [5, 5.41) is 8.72. The lowest BCUT2D eigenvalue weighted by Gasteiger charge is -1.88. The third kappa shape index (κ3) is 3.48. The summed E-state index contributed by atoms with van der Waals surface area (Å²) in [4.78, 5) is 5.04. The summed E-state index contributed by atoms with van der Waals surface area (Å²) < 4.78 is 1.28. The molecule has 3 aromatic rings. The number of phenolic OH excluding ortho intramolecular Hbond substituents is 1. The Morgan fingerprint density at radius 2 is 1.83 bits per heavy atom. The second-order valence-electron chi connectivity index (χ2n) is 3.84. The summed E-state index contributed by atoms with van der Waals surface area (Å²) in [7, 11) is 0. The molecule has 1 N–H and O–H groups in total. The van der Waals surface area contributed by atoms with Gasteiger partial charge in [-0.1, -0.05) is 6.07 Å². The second-order valence-corrected chi connectivity index (χ2v) is 5.24. The number of nitrogens with zero attached hydrogens (tertiary/aromatic N) is 1. The standard InChI is InChI=1S/C8H7NS.C6H6OS/c1-6-2-3-7-8(4-6)10-5-9-7;7-5-1-3-6(8)4-2-5/h2-5H,1H3;1-4,7-8H. The Morgan fingerprint density at radius 3 is 2.50 bits per heavy atom. The van der Waals surface area contributed by atoms with Gasteiger partial charge in [0.15, 0.2) is 0 Å². The molecule has 0 aliphatic carbocycles. The van der Waals surface area contributed by atoms with E-state index in [4.69, 9.17) is 5.11 Å². The van der Waals surface area contributed by atoms with Crippen LogP contribution in [0.1, 0.15) is 5.56 Å². The highest BCUT2D eigenvalue weighted by atomic mass is 32.1. The van der Waals surface area contributed by atoms with Crippen molar-refractivity contribution in [3.8, 4) is 5.75 Å². The van der Waals surface area contributed by atoms with Crippen molar-refractivity contribution in [2.45, 2.75) is 11.8 Å². The summed E-state index contributed by atoms with van der Waals surface area (Å²) in [6.07, 6.45) is 0. The van der Waals surface area contributed by atoms with Crippen molar-refractivity contribution in [1.29, 1.82) is 0 Å². The van der Waals surface area contributed by atoms with Gasteiger partial charge in [0, 0.05) is 4.90 Å². The maximum Gasteiger partial charge on any atom is 0.115 e. The Kier molecular flexibility index (Phi) is 4.23. The van der Waals surface area contributed by atoms with Gasteiger partial charge < -0.3 is 5.11 Å². The number of thiazole rings is 1. The van der Waals surface area contributed by atoms with Gasteiger partial charge in [-0.15, -0.1) is 24.0 Å². The van der Waals surface area contributed by atoms with Crippen LogP contribution in [0.3, 0.4) is 0 Å². The van der Waals surface area contributed by atoms with Crippen LogP contribution in [0.5, 0.6) is 5.75 Å². The molecule has 0 fully saturated rings. The molecule has 1 heterocycles. The van der Waals surface area contributed by atoms with Gasteiger partial charge >= 0.3 is 0 Å². The van der Waals surface area contributed by atoms with E-state index in [0.29, 0.717) is 0 Å². The molecule has 3 rings (SSSR count). The van der Waals surface area contributed by atoms with Crippen LogP contribution < -0.4 is 0 Å². The third-order valence-corrected chi connectivity index (χ3v) is 3.43. The molecule has 4 heteroatoms. The van der Waals surface area contributed by atoms with E-state index in [0.717, 1.165) is 10.4 Å². The number of fused-ring (bicyclic) bond motifs is 1. The number of hydrogen-bond donors (Lipinski definition) is 2. The van der Waals surface area contributed by atoms with E-state index in [1.807, 2.05) is 5.51 Å². The Hall–Kier alpha value is -1.52. The van der Waals surface area contributed by atoms with Crippen molar-refractivity contribution >= 4 is 34.2 Å². The molecular weight excluding hydrogens is 262 g/mol. The first-order chi connectivity index (χ1) is 8.65. The topological polar surface area (TPSA) is 33.1 Å². The van der Waals surface area contributed by atoms with Crippen molar-refractivity contribution in [3.63, 3.8) is 0 Å². The lowest BCUT2D eigenvalue weighted by molar-refractivity contribution is 0.475. The predicted molar refractivity (Wildman–Crippen MR) is 79.7 cm³/mol. The van der Waals surface area contributed by atoms with Gasteiger partial charge in [0.2, 0.25) is 0 Å². The van der Waals surface area contributed by atoms with Gasteiger partial charge in [0.05, 0.1) is 15.7 Å². The summed E-state index contributed by atoms with van der Waals surface area (Å²) in [6, 6.07) is 13.0. The minimum Gasteiger partial charge on any atom is -0.508 e. The maximum absolute atomic E-state index is 8.72. The fourth-order valence-corrected chi connectivity index (χ4v) is 2.34. The molecule has 18 heavy (non-hydrogen) atoms. The highest BCUT2D eigenvalue weighted by molar-refractivity contribution is 7.80. The van der Waals surface area contributed by atoms with Crippen LogP contribution in [0, 0.1) is 6.92 Å². The largest absolute Gasteiger partial charge is 0.508 e. The fourth-order valence-electron chi connectivity index (χ4n) is 1.41. The third-order valence-electron chi connectivity index (χ3n) is 2.34. The number of thiol groups is 1. The molecule has 0 radical (unpaired) electrons. The van der Waals surface area contributed by atoms with Crippen LogP contribution in [0.25, 0.3) is 10.2 Å². The molecule has 0 amide bonds. The van der Waals surface area contributed by atoms with E-state index >= 15 is 0 Å². The first-order valence-electron chi connectivity index (χ1n) is 5.43. The Bertz CT molecular complexity index is 611. The maximum atomic E-state index is 8.72. The lowest BCUT2D eigenvalue weighted by Crippen LogP contribution is -1.69. The first-order valence-corrected chi connectivity index (χ1v) is 6.76. The van der Waals surface area contributed by atoms with E-state index < -0.39 is 0 Å². The van der Waals surface area contributed by atoms with Gasteiger partial charge in [0.25, 0.3) is 0 Å². The van der Waals surface area contributed by atoms with Crippen LogP contribution in [0.15, 0.2) is 52.9 Å². The zero-order valence-electron chi connectivity index (χ0n) is 9.87. The van der Waals surface area contributed by atoms with E-state index in [2.05, 4.69) is 42.7 Å². The molecule has 0 bridgehead atoms. The normalized spacial score (nSPS) is 9.89. The fraction of sp³-hybridized carbons (Fsp3) is 0.0714. The minimum atomic E-state index is 0.280. The van der Waals surface area contributed by atoms with Crippen LogP contribution in [-0.2, 0) is 0 Å². The second kappa shape index (κ2) is 5.89. The highest BCUT2D eigenvalue weighted by Crippen LogP contribution is 2.18. The van der Waals surface area contributed by atoms with Crippen LogP contribution in [0.4, 0.5) is 0 Å². The van der Waals surface area contributed by atoms with Gasteiger partial charge in [-0.25, -0.2) is 4.98 Å². The van der Waals surface area contributed by atoms with E-state index in [9.17, 15) is 0 Å². The molecule has 0 saturated heterocycles. The quantitative estimate of drug-likeness (QED) is 0.600. The number of aryl methyl sites for hydroxylation is 1. The smallest absolute Gasteiger partial charge is 0.115 e. The molecular formula is C14H13NOS2. The first kappa shape index (κ1) is 12.9. The summed E-state index contributed by atoms with van der Waals surface area (Å²) >= 11 is 5.71. The average molecular weight is 275 g/mol. The van der Waals surface area contributed by atoms with Gasteiger partial charge in [0.1, 0.15) is 5.75 Å². The van der Waals surface area contributed by atoms with Gasteiger partial charge in [-0.2, -0.15) is 0 Å². The molecule has 0 spiro atoms. The number of benzene rings is 2. The number of phenols is 1. The highest BCUT2D eigenvalue weighted by Gasteiger charge is 1.93. The minimum absolute atomic E-state index is 0.280. The molecule has 92 valence electrons. The molecule has 0 atom stereocenters. The molecule has 2 aromatic carbocycles. The van der Waals surface area contributed by atoms with Crippen molar-refractivity contribution in [3.05, 3.63) is 53.5 Å². The van der Waals surface area contributed by atoms with E-state index in [1.165, 1.54) is 10.3 Å². The van der Waals surface area contributed by atoms with Gasteiger partial charge in [-0.3, -0.25) is 0 Å². The SMILES string of the molecule is Cc1ccc2ncsc2c1.Oc1ccc(S)cc1. The van der Waals surface area contributed by atoms with Crippen molar-refractivity contribution in [2.24, 2.45) is 0 Å².